The Morgan fingerprint density at radius 3 is 2.70 bits per heavy atom. The summed E-state index contributed by atoms with van der Waals surface area (Å²) in [5.41, 5.74) is 4.19. The molecule has 0 radical (unpaired) electrons. The number of anilines is 1. The lowest BCUT2D eigenvalue weighted by Crippen LogP contribution is -2.37. The van der Waals surface area contributed by atoms with Crippen molar-refractivity contribution in [1.82, 2.24) is 20.3 Å². The lowest BCUT2D eigenvalue weighted by molar-refractivity contribution is 0.477. The van der Waals surface area contributed by atoms with Gasteiger partial charge in [0.2, 0.25) is 0 Å². The van der Waals surface area contributed by atoms with E-state index in [-0.39, 0.29) is 5.75 Å². The number of hydrogen-bond donors (Lipinski definition) is 2. The topological polar surface area (TPSA) is 87.3 Å². The second kappa shape index (κ2) is 7.25. The van der Waals surface area contributed by atoms with Crippen LogP contribution in [0.25, 0.3) is 33.4 Å². The normalized spacial score (nSPS) is 16.9. The molecule has 5 rings (SSSR count). The molecule has 0 unspecified atom stereocenters. The first kappa shape index (κ1) is 18.8. The summed E-state index contributed by atoms with van der Waals surface area (Å²) < 4.78 is 5.60. The maximum Gasteiger partial charge on any atom is 0.192 e. The Morgan fingerprint density at radius 1 is 1.07 bits per heavy atom. The first-order valence-corrected chi connectivity index (χ1v) is 10.4. The van der Waals surface area contributed by atoms with E-state index in [2.05, 4.69) is 29.0 Å². The molecule has 1 aromatic carbocycles. The Labute approximate surface area is 174 Å². The second-order valence-corrected chi connectivity index (χ2v) is 8.23. The molecule has 1 fully saturated rings. The molecule has 1 saturated heterocycles. The molecule has 4 heterocycles. The number of oxazole rings is 1. The van der Waals surface area contributed by atoms with Gasteiger partial charge in [-0.3, -0.25) is 0 Å². The van der Waals surface area contributed by atoms with Gasteiger partial charge in [0.25, 0.3) is 0 Å². The fourth-order valence-electron chi connectivity index (χ4n) is 4.18. The fraction of sp³-hybridized carbons (Fsp3) is 0.348. The lowest BCUT2D eigenvalue weighted by Gasteiger charge is -2.19. The minimum atomic E-state index is 0.132. The van der Waals surface area contributed by atoms with Crippen molar-refractivity contribution in [2.75, 3.05) is 18.0 Å². The minimum Gasteiger partial charge on any atom is -0.507 e. The second-order valence-electron chi connectivity index (χ2n) is 8.23. The van der Waals surface area contributed by atoms with Gasteiger partial charge in [0.1, 0.15) is 17.1 Å². The Morgan fingerprint density at radius 2 is 1.87 bits per heavy atom. The van der Waals surface area contributed by atoms with E-state index >= 15 is 0 Å². The molecule has 0 amide bonds. The zero-order valence-electron chi connectivity index (χ0n) is 17.4. The van der Waals surface area contributed by atoms with Gasteiger partial charge in [-0.1, -0.05) is 13.8 Å². The maximum absolute atomic E-state index is 10.5. The number of aromatic hydroxyl groups is 1. The van der Waals surface area contributed by atoms with Gasteiger partial charge in [-0.05, 0) is 36.8 Å². The molecule has 154 valence electrons. The van der Waals surface area contributed by atoms with E-state index in [0.717, 1.165) is 36.4 Å². The Bertz CT molecular complexity index is 1230. The van der Waals surface area contributed by atoms with Crippen molar-refractivity contribution in [3.8, 4) is 17.0 Å². The van der Waals surface area contributed by atoms with Gasteiger partial charge in [-0.2, -0.15) is 0 Å². The van der Waals surface area contributed by atoms with Crippen LogP contribution in [-0.4, -0.2) is 45.2 Å². The quantitative estimate of drug-likeness (QED) is 0.532. The van der Waals surface area contributed by atoms with E-state index in [1.54, 1.807) is 19.1 Å². The summed E-state index contributed by atoms with van der Waals surface area (Å²) in [4.78, 5) is 16.1. The van der Waals surface area contributed by atoms with Gasteiger partial charge in [-0.15, -0.1) is 0 Å². The summed E-state index contributed by atoms with van der Waals surface area (Å²) in [5, 5.41) is 14.1. The number of phenols is 1. The monoisotopic (exact) mass is 403 g/mol. The van der Waals surface area contributed by atoms with Gasteiger partial charge in [0.05, 0.1) is 16.7 Å². The summed E-state index contributed by atoms with van der Waals surface area (Å²) >= 11 is 0. The molecule has 30 heavy (non-hydrogen) atoms. The zero-order valence-corrected chi connectivity index (χ0v) is 17.4. The molecular weight excluding hydrogens is 378 g/mol. The van der Waals surface area contributed by atoms with E-state index in [9.17, 15) is 5.11 Å². The SMILES string of the molecule is Cc1nc2cc(O)c(-c3ccc4nc(N5CC[C@@H](NC(C)C)C5)ccc4n3)cc2o1. The van der Waals surface area contributed by atoms with Crippen LogP contribution in [-0.2, 0) is 0 Å². The summed E-state index contributed by atoms with van der Waals surface area (Å²) in [6.45, 7) is 8.11. The van der Waals surface area contributed by atoms with E-state index < -0.39 is 0 Å². The highest BCUT2D eigenvalue weighted by molar-refractivity contribution is 5.86. The van der Waals surface area contributed by atoms with Gasteiger partial charge >= 0.3 is 0 Å². The van der Waals surface area contributed by atoms with Crippen molar-refractivity contribution in [2.45, 2.75) is 39.3 Å². The molecule has 4 aromatic rings. The third-order valence-corrected chi connectivity index (χ3v) is 5.50. The van der Waals surface area contributed by atoms with Crippen LogP contribution < -0.4 is 10.2 Å². The van der Waals surface area contributed by atoms with Crippen molar-refractivity contribution in [1.29, 1.82) is 0 Å². The van der Waals surface area contributed by atoms with E-state index in [1.807, 2.05) is 24.3 Å². The van der Waals surface area contributed by atoms with Crippen molar-refractivity contribution in [2.24, 2.45) is 0 Å². The Kier molecular flexibility index (Phi) is 4.55. The van der Waals surface area contributed by atoms with Crippen molar-refractivity contribution >= 4 is 28.0 Å². The summed E-state index contributed by atoms with van der Waals surface area (Å²) in [5.74, 6) is 1.68. The summed E-state index contributed by atoms with van der Waals surface area (Å²) in [6.07, 6.45) is 1.12. The smallest absolute Gasteiger partial charge is 0.192 e. The third-order valence-electron chi connectivity index (χ3n) is 5.50. The van der Waals surface area contributed by atoms with Gasteiger partial charge in [0.15, 0.2) is 11.5 Å². The molecule has 7 heteroatoms. The van der Waals surface area contributed by atoms with Crippen LogP contribution in [0.1, 0.15) is 26.2 Å². The molecule has 0 saturated carbocycles. The number of pyridine rings is 2. The molecule has 0 spiro atoms. The fourth-order valence-corrected chi connectivity index (χ4v) is 4.18. The van der Waals surface area contributed by atoms with E-state index in [0.29, 0.717) is 40.3 Å². The van der Waals surface area contributed by atoms with Gasteiger partial charge in [-0.25, -0.2) is 15.0 Å². The lowest BCUT2D eigenvalue weighted by atomic mass is 10.1. The molecule has 0 bridgehead atoms. The molecule has 0 aliphatic carbocycles. The van der Waals surface area contributed by atoms with Crippen molar-refractivity contribution in [3.63, 3.8) is 0 Å². The number of rotatable bonds is 4. The third kappa shape index (κ3) is 3.45. The standard InChI is InChI=1S/C23H25N5O2/c1-13(2)24-15-8-9-28(12-15)23-7-6-18-19(27-23)5-4-17(26-18)16-10-22-20(11-21(16)29)25-14(3)30-22/h4-7,10-11,13,15,24,29H,8-9,12H2,1-3H3/t15-/m1/s1. The molecular formula is C23H25N5O2. The van der Waals surface area contributed by atoms with Crippen molar-refractivity contribution < 1.29 is 9.52 Å². The Hall–Kier alpha value is -3.19. The van der Waals surface area contributed by atoms with E-state index in [1.165, 1.54) is 0 Å². The van der Waals surface area contributed by atoms with Crippen LogP contribution >= 0.6 is 0 Å². The van der Waals surface area contributed by atoms with Crippen LogP contribution in [0, 0.1) is 6.92 Å². The van der Waals surface area contributed by atoms with Crippen LogP contribution in [0.2, 0.25) is 0 Å². The highest BCUT2D eigenvalue weighted by Gasteiger charge is 2.24. The van der Waals surface area contributed by atoms with Crippen LogP contribution in [0.4, 0.5) is 5.82 Å². The largest absolute Gasteiger partial charge is 0.507 e. The first-order valence-electron chi connectivity index (χ1n) is 10.4. The molecule has 3 aromatic heterocycles. The number of hydrogen-bond acceptors (Lipinski definition) is 7. The number of phenolic OH excluding ortho intramolecular Hbond substituents is 1. The zero-order chi connectivity index (χ0) is 20.8. The molecule has 1 aliphatic rings. The van der Waals surface area contributed by atoms with Crippen LogP contribution in [0.3, 0.4) is 0 Å². The molecule has 7 nitrogen and oxygen atoms in total. The minimum absolute atomic E-state index is 0.132. The van der Waals surface area contributed by atoms with Gasteiger partial charge in [0, 0.05) is 43.7 Å². The average molecular weight is 403 g/mol. The summed E-state index contributed by atoms with van der Waals surface area (Å²) in [7, 11) is 0. The number of nitrogens with zero attached hydrogens (tertiary/aromatic N) is 4. The van der Waals surface area contributed by atoms with E-state index in [4.69, 9.17) is 14.4 Å². The molecule has 1 atom stereocenters. The van der Waals surface area contributed by atoms with Crippen LogP contribution in [0.15, 0.2) is 40.8 Å². The maximum atomic E-state index is 10.5. The number of fused-ring (bicyclic) bond motifs is 2. The predicted molar refractivity (Wildman–Crippen MR) is 118 cm³/mol. The highest BCUT2D eigenvalue weighted by atomic mass is 16.3. The molecule has 1 aliphatic heterocycles. The van der Waals surface area contributed by atoms with Crippen molar-refractivity contribution in [3.05, 3.63) is 42.3 Å². The number of nitrogens with one attached hydrogen (secondary N) is 1. The number of aromatic nitrogens is 3. The first-order chi connectivity index (χ1) is 14.5. The van der Waals surface area contributed by atoms with Crippen LogP contribution in [0.5, 0.6) is 5.75 Å². The highest BCUT2D eigenvalue weighted by Crippen LogP contribution is 2.33. The average Bonchev–Trinajstić information content (AvgIpc) is 3.31. The number of aryl methyl sites for hydroxylation is 1. The molecule has 2 N–H and O–H groups in total. The van der Waals surface area contributed by atoms with Gasteiger partial charge < -0.3 is 19.7 Å². The number of benzene rings is 1. The predicted octanol–water partition coefficient (Wildman–Crippen LogP) is 4.03. The Balaban J connectivity index is 1.45. The summed E-state index contributed by atoms with van der Waals surface area (Å²) in [6, 6.07) is 12.3.